The number of amides is 1. The molecule has 0 radical (unpaired) electrons. The first kappa shape index (κ1) is 21.7. The number of hydrogen-bond acceptors (Lipinski definition) is 4. The van der Waals surface area contributed by atoms with E-state index in [1.165, 1.54) is 4.31 Å². The molecule has 1 saturated heterocycles. The van der Waals surface area contributed by atoms with E-state index in [1.54, 1.807) is 0 Å². The molecule has 2 rings (SSSR count). The zero-order valence-corrected chi connectivity index (χ0v) is 17.5. The van der Waals surface area contributed by atoms with Crippen molar-refractivity contribution in [3.8, 4) is 5.75 Å². The standard InChI is InChI=1S/C20H32N2O4S/c1-4-6-14-27(24,25)22-11-9-17(10-12-22)20(23)21-19-8-7-18(15-16(19)3)26-13-5-2/h7-8,15,17H,4-6,9-14H2,1-3H3,(H,21,23). The molecule has 1 fully saturated rings. The number of benzene rings is 1. The number of unbranched alkanes of at least 4 members (excludes halogenated alkanes) is 1. The Balaban J connectivity index is 1.89. The van der Waals surface area contributed by atoms with Gasteiger partial charge in [0.05, 0.1) is 12.4 Å². The fourth-order valence-corrected chi connectivity index (χ4v) is 4.85. The molecular weight excluding hydrogens is 364 g/mol. The average molecular weight is 397 g/mol. The number of sulfonamides is 1. The number of hydrogen-bond donors (Lipinski definition) is 1. The molecule has 27 heavy (non-hydrogen) atoms. The molecule has 1 N–H and O–H groups in total. The highest BCUT2D eigenvalue weighted by atomic mass is 32.2. The summed E-state index contributed by atoms with van der Waals surface area (Å²) in [5, 5.41) is 2.99. The zero-order valence-electron chi connectivity index (χ0n) is 16.7. The van der Waals surface area contributed by atoms with Gasteiger partial charge < -0.3 is 10.1 Å². The number of carbonyl (C=O) groups excluding carboxylic acids is 1. The lowest BCUT2D eigenvalue weighted by atomic mass is 9.97. The normalized spacial score (nSPS) is 16.3. The highest BCUT2D eigenvalue weighted by molar-refractivity contribution is 7.89. The Morgan fingerprint density at radius 2 is 1.93 bits per heavy atom. The molecule has 152 valence electrons. The van der Waals surface area contributed by atoms with Crippen LogP contribution in [0.5, 0.6) is 5.75 Å². The summed E-state index contributed by atoms with van der Waals surface area (Å²) in [5.41, 5.74) is 1.73. The lowest BCUT2D eigenvalue weighted by Crippen LogP contribution is -2.42. The van der Waals surface area contributed by atoms with Gasteiger partial charge in [0.25, 0.3) is 0 Å². The molecule has 1 aliphatic rings. The van der Waals surface area contributed by atoms with Crippen LogP contribution in [0, 0.1) is 12.8 Å². The predicted octanol–water partition coefficient (Wildman–Crippen LogP) is 3.56. The van der Waals surface area contributed by atoms with Crippen LogP contribution in [0.15, 0.2) is 18.2 Å². The number of ether oxygens (including phenoxy) is 1. The molecule has 0 spiro atoms. The van der Waals surface area contributed by atoms with Crippen molar-refractivity contribution in [3.63, 3.8) is 0 Å². The Morgan fingerprint density at radius 3 is 2.52 bits per heavy atom. The maximum absolute atomic E-state index is 12.6. The van der Waals surface area contributed by atoms with Crippen LogP contribution in [0.2, 0.25) is 0 Å². The van der Waals surface area contributed by atoms with E-state index in [0.29, 0.717) is 39.0 Å². The molecule has 0 saturated carbocycles. The molecule has 1 aliphatic heterocycles. The van der Waals surface area contributed by atoms with Gasteiger partial charge in [-0.05, 0) is 56.4 Å². The number of nitrogens with one attached hydrogen (secondary N) is 1. The first-order chi connectivity index (χ1) is 12.9. The summed E-state index contributed by atoms with van der Waals surface area (Å²) in [7, 11) is -3.19. The van der Waals surface area contributed by atoms with Gasteiger partial charge in [0, 0.05) is 24.7 Å². The van der Waals surface area contributed by atoms with Crippen molar-refractivity contribution in [2.45, 2.75) is 52.9 Å². The van der Waals surface area contributed by atoms with Gasteiger partial charge in [-0.25, -0.2) is 12.7 Å². The highest BCUT2D eigenvalue weighted by Crippen LogP contribution is 2.25. The molecule has 0 aromatic heterocycles. The van der Waals surface area contributed by atoms with Crippen molar-refractivity contribution in [1.29, 1.82) is 0 Å². The van der Waals surface area contributed by atoms with Crippen LogP contribution in [0.1, 0.15) is 51.5 Å². The molecule has 1 heterocycles. The highest BCUT2D eigenvalue weighted by Gasteiger charge is 2.30. The summed E-state index contributed by atoms with van der Waals surface area (Å²) >= 11 is 0. The molecular formula is C20H32N2O4S. The minimum atomic E-state index is -3.19. The molecule has 7 heteroatoms. The molecule has 1 amide bonds. The summed E-state index contributed by atoms with van der Waals surface area (Å²) in [6.07, 6.45) is 3.62. The van der Waals surface area contributed by atoms with Crippen molar-refractivity contribution < 1.29 is 17.9 Å². The number of anilines is 1. The van der Waals surface area contributed by atoms with Gasteiger partial charge in [-0.15, -0.1) is 0 Å². The summed E-state index contributed by atoms with van der Waals surface area (Å²) in [6.45, 7) is 7.50. The van der Waals surface area contributed by atoms with E-state index < -0.39 is 10.0 Å². The van der Waals surface area contributed by atoms with Gasteiger partial charge in [-0.2, -0.15) is 0 Å². The molecule has 0 unspecified atom stereocenters. The number of piperidine rings is 1. The van der Waals surface area contributed by atoms with E-state index >= 15 is 0 Å². The average Bonchev–Trinajstić information content (AvgIpc) is 2.66. The fraction of sp³-hybridized carbons (Fsp3) is 0.650. The van der Waals surface area contributed by atoms with Crippen LogP contribution in [0.4, 0.5) is 5.69 Å². The summed E-state index contributed by atoms with van der Waals surface area (Å²) in [4.78, 5) is 12.6. The van der Waals surface area contributed by atoms with E-state index in [0.717, 1.165) is 29.8 Å². The van der Waals surface area contributed by atoms with Crippen LogP contribution in [0.25, 0.3) is 0 Å². The van der Waals surface area contributed by atoms with Crippen LogP contribution in [-0.4, -0.2) is 44.1 Å². The third-order valence-electron chi connectivity index (χ3n) is 4.90. The summed E-state index contributed by atoms with van der Waals surface area (Å²) in [5.74, 6) is 0.813. The topological polar surface area (TPSA) is 75.7 Å². The van der Waals surface area contributed by atoms with Crippen LogP contribution >= 0.6 is 0 Å². The van der Waals surface area contributed by atoms with Crippen LogP contribution < -0.4 is 10.1 Å². The first-order valence-electron chi connectivity index (χ1n) is 9.89. The number of rotatable bonds is 9. The van der Waals surface area contributed by atoms with E-state index in [1.807, 2.05) is 32.0 Å². The number of aryl methyl sites for hydroxylation is 1. The lowest BCUT2D eigenvalue weighted by molar-refractivity contribution is -0.120. The second-order valence-electron chi connectivity index (χ2n) is 7.16. The lowest BCUT2D eigenvalue weighted by Gasteiger charge is -2.30. The smallest absolute Gasteiger partial charge is 0.227 e. The predicted molar refractivity (Wildman–Crippen MR) is 109 cm³/mol. The van der Waals surface area contributed by atoms with Crippen molar-refractivity contribution in [1.82, 2.24) is 4.31 Å². The van der Waals surface area contributed by atoms with Crippen molar-refractivity contribution in [3.05, 3.63) is 23.8 Å². The van der Waals surface area contributed by atoms with Crippen molar-refractivity contribution >= 4 is 21.6 Å². The van der Waals surface area contributed by atoms with Gasteiger partial charge in [-0.3, -0.25) is 4.79 Å². The monoisotopic (exact) mass is 396 g/mol. The van der Waals surface area contributed by atoms with E-state index in [4.69, 9.17) is 4.74 Å². The Bertz CT molecular complexity index is 725. The van der Waals surface area contributed by atoms with Crippen molar-refractivity contribution in [2.24, 2.45) is 5.92 Å². The SMILES string of the molecule is CCCCS(=O)(=O)N1CCC(C(=O)Nc2ccc(OCCC)cc2C)CC1. The largest absolute Gasteiger partial charge is 0.494 e. The first-order valence-corrected chi connectivity index (χ1v) is 11.5. The molecule has 1 aromatic rings. The molecule has 6 nitrogen and oxygen atoms in total. The van der Waals surface area contributed by atoms with E-state index in [-0.39, 0.29) is 17.6 Å². The van der Waals surface area contributed by atoms with Gasteiger partial charge in [0.15, 0.2) is 0 Å². The number of carbonyl (C=O) groups is 1. The summed E-state index contributed by atoms with van der Waals surface area (Å²) < 4.78 is 31.7. The van der Waals surface area contributed by atoms with Gasteiger partial charge in [0.2, 0.25) is 15.9 Å². The Labute approximate surface area is 163 Å². The molecule has 0 atom stereocenters. The minimum Gasteiger partial charge on any atom is -0.494 e. The molecule has 0 bridgehead atoms. The molecule has 0 aliphatic carbocycles. The van der Waals surface area contributed by atoms with Crippen LogP contribution in [0.3, 0.4) is 0 Å². The minimum absolute atomic E-state index is 0.0362. The third kappa shape index (κ3) is 6.21. The van der Waals surface area contributed by atoms with Crippen molar-refractivity contribution in [2.75, 3.05) is 30.8 Å². The molecule has 1 aromatic carbocycles. The summed E-state index contributed by atoms with van der Waals surface area (Å²) in [6, 6.07) is 5.65. The quantitative estimate of drug-likeness (QED) is 0.692. The third-order valence-corrected chi connectivity index (χ3v) is 6.86. The second kappa shape index (κ2) is 10.1. The van der Waals surface area contributed by atoms with Gasteiger partial charge >= 0.3 is 0 Å². The number of nitrogens with zero attached hydrogens (tertiary/aromatic N) is 1. The Hall–Kier alpha value is -1.60. The van der Waals surface area contributed by atoms with Gasteiger partial charge in [0.1, 0.15) is 5.75 Å². The maximum Gasteiger partial charge on any atom is 0.227 e. The van der Waals surface area contributed by atoms with E-state index in [9.17, 15) is 13.2 Å². The fourth-order valence-electron chi connectivity index (χ4n) is 3.17. The Morgan fingerprint density at radius 1 is 1.22 bits per heavy atom. The van der Waals surface area contributed by atoms with Gasteiger partial charge in [-0.1, -0.05) is 20.3 Å². The Kier molecular flexibility index (Phi) is 8.10. The maximum atomic E-state index is 12.6. The van der Waals surface area contributed by atoms with Crippen LogP contribution in [-0.2, 0) is 14.8 Å². The zero-order chi connectivity index (χ0) is 19.9. The van der Waals surface area contributed by atoms with E-state index in [2.05, 4.69) is 12.2 Å². The second-order valence-corrected chi connectivity index (χ2v) is 9.25.